The average molecular weight is 465 g/mol. The van der Waals surface area contributed by atoms with E-state index in [0.717, 1.165) is 16.1 Å². The van der Waals surface area contributed by atoms with Crippen molar-refractivity contribution in [3.8, 4) is 23.0 Å². The van der Waals surface area contributed by atoms with Gasteiger partial charge in [0.1, 0.15) is 19.3 Å². The van der Waals surface area contributed by atoms with E-state index < -0.39 is 28.0 Å². The number of benzene rings is 2. The number of sulfonamides is 1. The molecule has 1 amide bonds. The van der Waals surface area contributed by atoms with Gasteiger partial charge in [-0.25, -0.2) is 8.42 Å². The monoisotopic (exact) mass is 464 g/mol. The second kappa shape index (κ2) is 9.56. The van der Waals surface area contributed by atoms with Gasteiger partial charge in [-0.05, 0) is 43.7 Å². The molecule has 0 saturated carbocycles. The van der Waals surface area contributed by atoms with Crippen molar-refractivity contribution in [2.24, 2.45) is 0 Å². The van der Waals surface area contributed by atoms with Crippen LogP contribution in [0.1, 0.15) is 25.5 Å². The quantitative estimate of drug-likeness (QED) is 0.640. The molecule has 0 bridgehead atoms. The van der Waals surface area contributed by atoms with Crippen molar-refractivity contribution in [3.05, 3.63) is 42.0 Å². The highest BCUT2D eigenvalue weighted by Gasteiger charge is 2.31. The molecule has 0 spiro atoms. The smallest absolute Gasteiger partial charge is 0.244 e. The van der Waals surface area contributed by atoms with Gasteiger partial charge in [-0.2, -0.15) is 0 Å². The van der Waals surface area contributed by atoms with Crippen molar-refractivity contribution in [2.45, 2.75) is 25.9 Å². The molecule has 0 unspecified atom stereocenters. The predicted octanol–water partition coefficient (Wildman–Crippen LogP) is 2.51. The molecule has 2 atom stereocenters. The fourth-order valence-corrected chi connectivity index (χ4v) is 4.68. The minimum Gasteiger partial charge on any atom is -0.493 e. The average Bonchev–Trinajstić information content (AvgIpc) is 2.77. The summed E-state index contributed by atoms with van der Waals surface area (Å²) in [4.78, 5) is 13.0. The van der Waals surface area contributed by atoms with Gasteiger partial charge in [0.25, 0.3) is 0 Å². The van der Waals surface area contributed by atoms with Crippen LogP contribution in [0, 0.1) is 0 Å². The molecular weight excluding hydrogens is 436 g/mol. The highest BCUT2D eigenvalue weighted by atomic mass is 32.2. The van der Waals surface area contributed by atoms with E-state index in [4.69, 9.17) is 18.9 Å². The Labute approximate surface area is 188 Å². The summed E-state index contributed by atoms with van der Waals surface area (Å²) in [6, 6.07) is 8.72. The van der Waals surface area contributed by atoms with E-state index in [2.05, 4.69) is 5.32 Å². The number of rotatable bonds is 8. The van der Waals surface area contributed by atoms with Crippen molar-refractivity contribution >= 4 is 21.6 Å². The van der Waals surface area contributed by atoms with E-state index in [-0.39, 0.29) is 0 Å². The summed E-state index contributed by atoms with van der Waals surface area (Å²) in [6.07, 6.45) is 1.06. The summed E-state index contributed by atoms with van der Waals surface area (Å²) >= 11 is 0. The minimum absolute atomic E-state index is 0.318. The van der Waals surface area contributed by atoms with Gasteiger partial charge in [-0.15, -0.1) is 0 Å². The van der Waals surface area contributed by atoms with E-state index in [1.165, 1.54) is 14.0 Å². The number of hydrogen-bond donors (Lipinski definition) is 1. The molecule has 1 aliphatic heterocycles. The first-order chi connectivity index (χ1) is 15.2. The molecule has 1 heterocycles. The van der Waals surface area contributed by atoms with Gasteiger partial charge in [0, 0.05) is 6.07 Å². The maximum Gasteiger partial charge on any atom is 0.244 e. The van der Waals surface area contributed by atoms with Crippen LogP contribution in [-0.4, -0.2) is 54.1 Å². The third-order valence-electron chi connectivity index (χ3n) is 5.14. The third kappa shape index (κ3) is 5.01. The molecule has 10 heteroatoms. The fraction of sp³-hybridized carbons (Fsp3) is 0.409. The largest absolute Gasteiger partial charge is 0.493 e. The van der Waals surface area contributed by atoms with Crippen LogP contribution in [0.4, 0.5) is 5.69 Å². The molecule has 0 radical (unpaired) electrons. The lowest BCUT2D eigenvalue weighted by Gasteiger charge is -2.30. The Morgan fingerprint density at radius 3 is 2.28 bits per heavy atom. The lowest BCUT2D eigenvalue weighted by atomic mass is 10.1. The van der Waals surface area contributed by atoms with Gasteiger partial charge < -0.3 is 24.3 Å². The van der Waals surface area contributed by atoms with Crippen molar-refractivity contribution < 1.29 is 32.2 Å². The summed E-state index contributed by atoms with van der Waals surface area (Å²) in [5.41, 5.74) is 1.10. The lowest BCUT2D eigenvalue weighted by molar-refractivity contribution is -0.122. The number of carbonyl (C=O) groups is 1. The van der Waals surface area contributed by atoms with E-state index in [1.807, 2.05) is 6.07 Å². The second-order valence-electron chi connectivity index (χ2n) is 7.41. The summed E-state index contributed by atoms with van der Waals surface area (Å²) in [6.45, 7) is 4.14. The number of hydrogen-bond acceptors (Lipinski definition) is 7. The van der Waals surface area contributed by atoms with Gasteiger partial charge in [-0.1, -0.05) is 6.07 Å². The number of carbonyl (C=O) groups excluding carboxylic acids is 1. The highest BCUT2D eigenvalue weighted by Crippen LogP contribution is 2.35. The third-order valence-corrected chi connectivity index (χ3v) is 6.38. The van der Waals surface area contributed by atoms with E-state index in [9.17, 15) is 13.2 Å². The molecule has 2 aromatic carbocycles. The summed E-state index contributed by atoms with van der Waals surface area (Å²) in [7, 11) is -0.694. The number of ether oxygens (including phenoxy) is 4. The van der Waals surface area contributed by atoms with Crippen LogP contribution in [0.5, 0.6) is 23.0 Å². The molecule has 3 rings (SSSR count). The van der Waals surface area contributed by atoms with Crippen LogP contribution < -0.4 is 28.6 Å². The second-order valence-corrected chi connectivity index (χ2v) is 9.27. The summed E-state index contributed by atoms with van der Waals surface area (Å²) in [5.74, 6) is 1.63. The van der Waals surface area contributed by atoms with Gasteiger partial charge >= 0.3 is 0 Å². The topological polar surface area (TPSA) is 103 Å². The Kier molecular flexibility index (Phi) is 7.02. The Bertz CT molecular complexity index is 1090. The Hall–Kier alpha value is -3.14. The molecule has 9 nitrogen and oxygen atoms in total. The first-order valence-corrected chi connectivity index (χ1v) is 11.9. The number of methoxy groups -OCH3 is 2. The van der Waals surface area contributed by atoms with Crippen molar-refractivity contribution in [1.29, 1.82) is 0 Å². The molecule has 0 fully saturated rings. The molecular formula is C22H28N2O7S. The number of nitrogens with zero attached hydrogens (tertiary/aromatic N) is 1. The maximum absolute atomic E-state index is 13.0. The number of fused-ring (bicyclic) bond motifs is 1. The van der Waals surface area contributed by atoms with E-state index >= 15 is 0 Å². The molecule has 0 aromatic heterocycles. The summed E-state index contributed by atoms with van der Waals surface area (Å²) in [5, 5.41) is 2.87. The minimum atomic E-state index is -3.77. The zero-order valence-corrected chi connectivity index (χ0v) is 19.6. The van der Waals surface area contributed by atoms with Crippen LogP contribution in [0.25, 0.3) is 0 Å². The molecule has 0 aliphatic carbocycles. The van der Waals surface area contributed by atoms with Gasteiger partial charge in [-0.3, -0.25) is 9.10 Å². The van der Waals surface area contributed by atoms with Crippen molar-refractivity contribution in [3.63, 3.8) is 0 Å². The Morgan fingerprint density at radius 2 is 1.66 bits per heavy atom. The standard InChI is InChI=1S/C22H28N2O7S/c1-14(16-6-8-18(28-3)20(12-16)29-4)23-22(25)15(2)24(32(5,26)27)17-7-9-19-21(13-17)31-11-10-30-19/h6-9,12-15H,10-11H2,1-5H3,(H,23,25)/t14-,15+/m1/s1. The van der Waals surface area contributed by atoms with Gasteiger partial charge in [0.2, 0.25) is 15.9 Å². The zero-order chi connectivity index (χ0) is 23.5. The maximum atomic E-state index is 13.0. The SMILES string of the molecule is COc1ccc([C@@H](C)NC(=O)[C@H](C)N(c2ccc3c(c2)OCCO3)S(C)(=O)=O)cc1OC. The zero-order valence-electron chi connectivity index (χ0n) is 18.7. The van der Waals surface area contributed by atoms with Crippen LogP contribution in [0.3, 0.4) is 0 Å². The first kappa shape index (κ1) is 23.5. The van der Waals surface area contributed by atoms with Crippen molar-refractivity contribution in [2.75, 3.05) is 38.0 Å². The number of amides is 1. The normalized spacial score (nSPS) is 14.8. The van der Waals surface area contributed by atoms with Crippen LogP contribution in [-0.2, 0) is 14.8 Å². The van der Waals surface area contributed by atoms with Gasteiger partial charge in [0.05, 0.1) is 32.2 Å². The van der Waals surface area contributed by atoms with Crippen LogP contribution in [0.15, 0.2) is 36.4 Å². The molecule has 174 valence electrons. The lowest BCUT2D eigenvalue weighted by Crippen LogP contribution is -2.48. The molecule has 2 aromatic rings. The summed E-state index contributed by atoms with van der Waals surface area (Å²) < 4.78 is 47.9. The number of anilines is 1. The van der Waals surface area contributed by atoms with Gasteiger partial charge in [0.15, 0.2) is 23.0 Å². The first-order valence-electron chi connectivity index (χ1n) is 10.1. The van der Waals surface area contributed by atoms with Crippen molar-refractivity contribution in [1.82, 2.24) is 5.32 Å². The fourth-order valence-electron chi connectivity index (χ4n) is 3.52. The molecule has 0 saturated heterocycles. The number of nitrogens with one attached hydrogen (secondary N) is 1. The highest BCUT2D eigenvalue weighted by molar-refractivity contribution is 7.92. The van der Waals surface area contributed by atoms with E-state index in [0.29, 0.717) is 41.9 Å². The molecule has 1 N–H and O–H groups in total. The molecule has 1 aliphatic rings. The van der Waals surface area contributed by atoms with E-state index in [1.54, 1.807) is 44.4 Å². The predicted molar refractivity (Wildman–Crippen MR) is 120 cm³/mol. The Morgan fingerprint density at radius 1 is 1.00 bits per heavy atom. The molecule has 32 heavy (non-hydrogen) atoms. The van der Waals surface area contributed by atoms with Crippen LogP contribution in [0.2, 0.25) is 0 Å². The Balaban J connectivity index is 1.83. The van der Waals surface area contributed by atoms with Crippen LogP contribution >= 0.6 is 0 Å².